The monoisotopic (exact) mass is 381 g/mol. The molecule has 3 heteroatoms. The minimum atomic E-state index is 0.567. The number of benzene rings is 4. The molecule has 0 aliphatic heterocycles. The van der Waals surface area contributed by atoms with Crippen molar-refractivity contribution in [1.29, 1.82) is 0 Å². The summed E-state index contributed by atoms with van der Waals surface area (Å²) in [6.45, 7) is 22.6. The van der Waals surface area contributed by atoms with Crippen LogP contribution in [0.4, 0.5) is 17.1 Å². The van der Waals surface area contributed by atoms with Crippen molar-refractivity contribution in [2.45, 2.75) is 0 Å². The van der Waals surface area contributed by atoms with Gasteiger partial charge in [-0.3, -0.25) is 0 Å². The van der Waals surface area contributed by atoms with Gasteiger partial charge in [-0.2, -0.15) is 0 Å². The van der Waals surface area contributed by atoms with Crippen molar-refractivity contribution >= 4 is 17.1 Å². The topological polar surface area (TPSA) is 13.1 Å². The zero-order valence-electron chi connectivity index (χ0n) is 16.0. The Labute approximate surface area is 176 Å². The normalized spacial score (nSPS) is 9.90. The van der Waals surface area contributed by atoms with Gasteiger partial charge in [-0.05, 0) is 51.6 Å². The second-order valence-electron chi connectivity index (χ2n) is 6.69. The van der Waals surface area contributed by atoms with E-state index < -0.39 is 0 Å². The first-order chi connectivity index (χ1) is 14.7. The minimum absolute atomic E-state index is 0.567. The average Bonchev–Trinajstić information content (AvgIpc) is 2.83. The predicted molar refractivity (Wildman–Crippen MR) is 122 cm³/mol. The highest BCUT2D eigenvalue weighted by molar-refractivity contribution is 5.91. The fraction of sp³-hybridized carbons (Fsp3) is 0. The molecule has 4 aromatic carbocycles. The number of nitrogens with zero attached hydrogens (tertiary/aromatic N) is 3. The Kier molecular flexibility index (Phi) is 5.08. The summed E-state index contributed by atoms with van der Waals surface area (Å²) in [5, 5.41) is 0. The molecular weight excluding hydrogens is 366 g/mol. The van der Waals surface area contributed by atoms with E-state index in [-0.39, 0.29) is 0 Å². The molecule has 3 nitrogen and oxygen atoms in total. The fourth-order valence-electron chi connectivity index (χ4n) is 3.54. The van der Waals surface area contributed by atoms with Gasteiger partial charge in [0.1, 0.15) is 0 Å². The van der Waals surface area contributed by atoms with Gasteiger partial charge in [-0.15, -0.1) is 0 Å². The maximum atomic E-state index is 7.54. The molecule has 0 bridgehead atoms. The quantitative estimate of drug-likeness (QED) is 0.316. The van der Waals surface area contributed by atoms with Crippen LogP contribution in [0.15, 0.2) is 91.0 Å². The third kappa shape index (κ3) is 3.43. The molecule has 138 valence electrons. The molecule has 0 fully saturated rings. The average molecular weight is 381 g/mol. The van der Waals surface area contributed by atoms with Crippen molar-refractivity contribution in [2.75, 3.05) is 0 Å². The number of rotatable bonds is 3. The number of para-hydroxylation sites is 3. The van der Waals surface area contributed by atoms with E-state index >= 15 is 0 Å². The van der Waals surface area contributed by atoms with Gasteiger partial charge in [-0.25, -0.2) is 14.5 Å². The first-order valence-corrected chi connectivity index (χ1v) is 9.31. The molecule has 0 aliphatic rings. The molecule has 4 aromatic rings. The van der Waals surface area contributed by atoms with Crippen LogP contribution in [0.25, 0.3) is 47.9 Å². The van der Waals surface area contributed by atoms with E-state index in [1.807, 2.05) is 72.8 Å². The van der Waals surface area contributed by atoms with Crippen molar-refractivity contribution in [2.24, 2.45) is 0 Å². The molecule has 0 aromatic heterocycles. The molecule has 0 radical (unpaired) electrons. The Bertz CT molecular complexity index is 1200. The Hall–Kier alpha value is -4.65. The van der Waals surface area contributed by atoms with Crippen molar-refractivity contribution in [1.82, 2.24) is 0 Å². The molecule has 0 unspecified atom stereocenters. The summed E-state index contributed by atoms with van der Waals surface area (Å²) in [7, 11) is 0. The fourth-order valence-corrected chi connectivity index (χ4v) is 3.54. The van der Waals surface area contributed by atoms with Gasteiger partial charge in [0.25, 0.3) is 0 Å². The first kappa shape index (κ1) is 18.7. The van der Waals surface area contributed by atoms with Crippen LogP contribution < -0.4 is 0 Å². The second kappa shape index (κ2) is 8.15. The zero-order chi connectivity index (χ0) is 20.9. The largest absolute Gasteiger partial charge is 0.238 e. The van der Waals surface area contributed by atoms with Crippen LogP contribution in [0.1, 0.15) is 0 Å². The molecule has 0 atom stereocenters. The lowest BCUT2D eigenvalue weighted by Crippen LogP contribution is -1.87. The molecule has 0 saturated carbocycles. The molecule has 0 saturated heterocycles. The molecule has 0 spiro atoms. The van der Waals surface area contributed by atoms with Gasteiger partial charge in [0, 0.05) is 0 Å². The second-order valence-corrected chi connectivity index (χ2v) is 6.69. The van der Waals surface area contributed by atoms with Gasteiger partial charge in [-0.1, -0.05) is 72.8 Å². The van der Waals surface area contributed by atoms with Crippen molar-refractivity contribution in [3.05, 3.63) is 125 Å². The van der Waals surface area contributed by atoms with Crippen molar-refractivity contribution in [3.8, 4) is 33.4 Å². The van der Waals surface area contributed by atoms with E-state index in [4.69, 9.17) is 19.7 Å². The van der Waals surface area contributed by atoms with Gasteiger partial charge in [0.05, 0.1) is 19.7 Å². The van der Waals surface area contributed by atoms with Crippen LogP contribution >= 0.6 is 0 Å². The smallest absolute Gasteiger partial charge is 0.194 e. The van der Waals surface area contributed by atoms with Crippen LogP contribution in [-0.4, -0.2) is 0 Å². The van der Waals surface area contributed by atoms with Crippen LogP contribution in [0.5, 0.6) is 0 Å². The molecule has 0 N–H and O–H groups in total. The minimum Gasteiger partial charge on any atom is -0.238 e. The summed E-state index contributed by atoms with van der Waals surface area (Å²) >= 11 is 0. The van der Waals surface area contributed by atoms with Gasteiger partial charge in [0.15, 0.2) is 17.1 Å². The highest BCUT2D eigenvalue weighted by Gasteiger charge is 2.13. The maximum Gasteiger partial charge on any atom is 0.194 e. The van der Waals surface area contributed by atoms with Crippen molar-refractivity contribution < 1.29 is 0 Å². The lowest BCUT2D eigenvalue weighted by molar-refractivity contribution is 1.57. The summed E-state index contributed by atoms with van der Waals surface area (Å²) in [6.07, 6.45) is 0. The lowest BCUT2D eigenvalue weighted by Gasteiger charge is -2.14. The number of hydrogen-bond donors (Lipinski definition) is 0. The van der Waals surface area contributed by atoms with Gasteiger partial charge < -0.3 is 0 Å². The van der Waals surface area contributed by atoms with Crippen LogP contribution in [0.2, 0.25) is 0 Å². The van der Waals surface area contributed by atoms with Gasteiger partial charge in [0.2, 0.25) is 0 Å². The highest BCUT2D eigenvalue weighted by atomic mass is 14.7. The van der Waals surface area contributed by atoms with Crippen LogP contribution in [-0.2, 0) is 0 Å². The lowest BCUT2D eigenvalue weighted by atomic mass is 9.92. The predicted octanol–water partition coefficient (Wildman–Crippen LogP) is 8.34. The molecule has 0 heterocycles. The first-order valence-electron chi connectivity index (χ1n) is 9.31. The summed E-state index contributed by atoms with van der Waals surface area (Å²) in [5.74, 6) is 0. The number of hydrogen-bond acceptors (Lipinski definition) is 0. The summed E-state index contributed by atoms with van der Waals surface area (Å²) in [6, 6.07) is 28.5. The SMILES string of the molecule is [C-]#[N+]c1ccccc1-c1cc(-c2ccccc2[N+]#[C-])cc(-c2ccccc2[N+]#[C-])c1. The Morgan fingerprint density at radius 1 is 0.400 bits per heavy atom. The van der Waals surface area contributed by atoms with Crippen LogP contribution in [0, 0.1) is 19.7 Å². The summed E-state index contributed by atoms with van der Waals surface area (Å²) < 4.78 is 0. The van der Waals surface area contributed by atoms with Crippen LogP contribution in [0.3, 0.4) is 0 Å². The van der Waals surface area contributed by atoms with E-state index in [0.29, 0.717) is 17.1 Å². The Balaban J connectivity index is 2.04. The maximum absolute atomic E-state index is 7.54. The summed E-state index contributed by atoms with van der Waals surface area (Å²) in [5.41, 5.74) is 6.84. The molecule has 30 heavy (non-hydrogen) atoms. The Morgan fingerprint density at radius 2 is 0.667 bits per heavy atom. The van der Waals surface area contributed by atoms with E-state index in [0.717, 1.165) is 33.4 Å². The molecular formula is C27H15N3. The zero-order valence-corrected chi connectivity index (χ0v) is 16.0. The van der Waals surface area contributed by atoms with Crippen molar-refractivity contribution in [3.63, 3.8) is 0 Å². The Morgan fingerprint density at radius 3 is 0.933 bits per heavy atom. The third-order valence-corrected chi connectivity index (χ3v) is 4.94. The molecule has 0 aliphatic carbocycles. The van der Waals surface area contributed by atoms with Gasteiger partial charge >= 0.3 is 0 Å². The molecule has 0 amide bonds. The van der Waals surface area contributed by atoms with E-state index in [2.05, 4.69) is 14.5 Å². The van der Waals surface area contributed by atoms with E-state index in [9.17, 15) is 0 Å². The van der Waals surface area contributed by atoms with E-state index in [1.54, 1.807) is 18.2 Å². The molecule has 4 rings (SSSR count). The third-order valence-electron chi connectivity index (χ3n) is 4.94. The summed E-state index contributed by atoms with van der Waals surface area (Å²) in [4.78, 5) is 11.0. The highest BCUT2D eigenvalue weighted by Crippen LogP contribution is 2.40. The standard InChI is InChI=1S/C27H15N3/c1-28-25-13-7-4-10-22(25)19-16-20(23-11-5-8-14-26(23)29-2)18-21(17-19)24-12-6-9-15-27(24)30-3/h4-18H. The van der Waals surface area contributed by atoms with E-state index in [1.165, 1.54) is 0 Å².